The Labute approximate surface area is 137 Å². The molecule has 0 amide bonds. The molecule has 0 unspecified atom stereocenters. The van der Waals surface area contributed by atoms with Crippen LogP contribution in [0.3, 0.4) is 0 Å². The fourth-order valence-corrected chi connectivity index (χ4v) is 2.99. The first-order valence-corrected chi connectivity index (χ1v) is 11.5. The molecule has 6 nitrogen and oxygen atoms in total. The molecule has 1 heterocycles. The quantitative estimate of drug-likeness (QED) is 0.541. The van der Waals surface area contributed by atoms with E-state index in [2.05, 4.69) is 19.6 Å². The average Bonchev–Trinajstić information content (AvgIpc) is 2.37. The van der Waals surface area contributed by atoms with E-state index in [1.807, 2.05) is 0 Å². The molecule has 1 aliphatic heterocycles. The minimum Gasteiger partial charge on any atom is -0.456 e. The first kappa shape index (κ1) is 20.1. The van der Waals surface area contributed by atoms with Crippen molar-refractivity contribution in [3.05, 3.63) is 0 Å². The predicted molar refractivity (Wildman–Crippen MR) is 84.4 cm³/mol. The summed E-state index contributed by atoms with van der Waals surface area (Å²) in [6.45, 7) is 11.0. The van der Waals surface area contributed by atoms with E-state index in [0.29, 0.717) is 6.61 Å². The summed E-state index contributed by atoms with van der Waals surface area (Å²) in [5.41, 5.74) is 0. The highest BCUT2D eigenvalue weighted by Gasteiger charge is 2.49. The maximum atomic E-state index is 14.7. The van der Waals surface area contributed by atoms with E-state index in [-0.39, 0.29) is 0 Å². The lowest BCUT2D eigenvalue weighted by atomic mass is 10.00. The van der Waals surface area contributed by atoms with Crippen molar-refractivity contribution in [3.63, 3.8) is 0 Å². The van der Waals surface area contributed by atoms with Gasteiger partial charge in [0.1, 0.15) is 0 Å². The fraction of sp³-hybridized carbons (Fsp3) is 0.867. The van der Waals surface area contributed by atoms with Crippen molar-refractivity contribution in [2.45, 2.75) is 77.2 Å². The number of carbonyl (C=O) groups excluding carboxylic acids is 2. The molecule has 0 aromatic rings. The SMILES string of the molecule is CC(=O)O[C@H]1[C@H](F)[C@@H](OCC[Si](C)(C)C)O[C@@H](C)[C@H]1OC(C)=O. The number of rotatable bonds is 6. The lowest BCUT2D eigenvalue weighted by Crippen LogP contribution is -2.58. The van der Waals surface area contributed by atoms with Crippen LogP contribution in [0.25, 0.3) is 0 Å². The van der Waals surface area contributed by atoms with Crippen molar-refractivity contribution in [2.75, 3.05) is 6.61 Å². The third-order valence-electron chi connectivity index (χ3n) is 3.45. The van der Waals surface area contributed by atoms with Gasteiger partial charge in [0.15, 0.2) is 24.7 Å². The minimum atomic E-state index is -1.72. The number of esters is 2. The average molecular weight is 350 g/mol. The van der Waals surface area contributed by atoms with Crippen LogP contribution >= 0.6 is 0 Å². The zero-order valence-corrected chi connectivity index (χ0v) is 15.6. The van der Waals surface area contributed by atoms with E-state index in [4.69, 9.17) is 18.9 Å². The van der Waals surface area contributed by atoms with Gasteiger partial charge < -0.3 is 18.9 Å². The summed E-state index contributed by atoms with van der Waals surface area (Å²) >= 11 is 0. The maximum absolute atomic E-state index is 14.7. The highest BCUT2D eigenvalue weighted by Crippen LogP contribution is 2.29. The molecule has 8 heteroatoms. The summed E-state index contributed by atoms with van der Waals surface area (Å²) in [7, 11) is -1.32. The van der Waals surface area contributed by atoms with Crippen molar-refractivity contribution in [1.82, 2.24) is 0 Å². The van der Waals surface area contributed by atoms with Gasteiger partial charge in [-0.1, -0.05) is 19.6 Å². The molecule has 0 aromatic heterocycles. The van der Waals surface area contributed by atoms with E-state index >= 15 is 0 Å². The zero-order chi connectivity index (χ0) is 17.8. The highest BCUT2D eigenvalue weighted by atomic mass is 28.3. The highest BCUT2D eigenvalue weighted by molar-refractivity contribution is 6.76. The van der Waals surface area contributed by atoms with Gasteiger partial charge in [0.25, 0.3) is 0 Å². The van der Waals surface area contributed by atoms with Crippen molar-refractivity contribution < 1.29 is 32.9 Å². The van der Waals surface area contributed by atoms with Gasteiger partial charge >= 0.3 is 11.9 Å². The summed E-state index contributed by atoms with van der Waals surface area (Å²) in [5.74, 6) is -1.24. The number of carbonyl (C=O) groups is 2. The molecule has 1 aliphatic rings. The van der Waals surface area contributed by atoms with E-state index < -0.39 is 50.8 Å². The molecular weight excluding hydrogens is 323 g/mol. The third-order valence-corrected chi connectivity index (χ3v) is 5.15. The first-order chi connectivity index (χ1) is 10.5. The van der Waals surface area contributed by atoms with Gasteiger partial charge in [-0.15, -0.1) is 0 Å². The molecule has 0 aliphatic carbocycles. The second-order valence-electron chi connectivity index (χ2n) is 6.98. The Bertz CT molecular complexity index is 425. The number of alkyl halides is 1. The molecule has 23 heavy (non-hydrogen) atoms. The summed E-state index contributed by atoms with van der Waals surface area (Å²) in [6.07, 6.45) is -5.74. The molecule has 1 rings (SSSR count). The van der Waals surface area contributed by atoms with E-state index in [1.54, 1.807) is 6.92 Å². The number of hydrogen-bond acceptors (Lipinski definition) is 6. The van der Waals surface area contributed by atoms with Gasteiger partial charge in [-0.3, -0.25) is 9.59 Å². The monoisotopic (exact) mass is 350 g/mol. The van der Waals surface area contributed by atoms with Crippen LogP contribution in [-0.4, -0.2) is 57.4 Å². The van der Waals surface area contributed by atoms with Gasteiger partial charge in [-0.25, -0.2) is 4.39 Å². The molecule has 134 valence electrons. The Kier molecular flexibility index (Phi) is 7.16. The van der Waals surface area contributed by atoms with Gasteiger partial charge in [0.2, 0.25) is 0 Å². The fourth-order valence-electron chi connectivity index (χ4n) is 2.26. The Balaban J connectivity index is 2.77. The standard InChI is InChI=1S/C15H27FO6Si/c1-9-13(21-10(2)17)14(22-11(3)18)12(16)15(20-9)19-7-8-23(4,5)6/h9,12-15H,7-8H2,1-6H3/t9-,12-,13+,14-,15-/m0/s1. The second-order valence-corrected chi connectivity index (χ2v) is 12.6. The van der Waals surface area contributed by atoms with Crippen molar-refractivity contribution in [1.29, 1.82) is 0 Å². The molecule has 0 aromatic carbocycles. The Morgan fingerprint density at radius 3 is 2.09 bits per heavy atom. The van der Waals surface area contributed by atoms with Crippen molar-refractivity contribution >= 4 is 20.0 Å². The summed E-state index contributed by atoms with van der Waals surface area (Å²) in [5, 5.41) is 0. The van der Waals surface area contributed by atoms with Gasteiger partial charge in [-0.05, 0) is 13.0 Å². The topological polar surface area (TPSA) is 71.1 Å². The van der Waals surface area contributed by atoms with Crippen molar-refractivity contribution in [3.8, 4) is 0 Å². The molecule has 1 fully saturated rings. The molecule has 0 N–H and O–H groups in total. The van der Waals surface area contributed by atoms with Crippen LogP contribution in [-0.2, 0) is 28.5 Å². The van der Waals surface area contributed by atoms with Crippen LogP contribution in [0.5, 0.6) is 0 Å². The first-order valence-electron chi connectivity index (χ1n) is 7.77. The molecule has 0 saturated carbocycles. The summed E-state index contributed by atoms with van der Waals surface area (Å²) in [6, 6.07) is 0.861. The second kappa shape index (κ2) is 8.21. The number of hydrogen-bond donors (Lipinski definition) is 0. The van der Waals surface area contributed by atoms with Crippen LogP contribution < -0.4 is 0 Å². The van der Waals surface area contributed by atoms with Crippen LogP contribution in [0.2, 0.25) is 25.7 Å². The smallest absolute Gasteiger partial charge is 0.303 e. The Hall–Kier alpha value is -0.993. The maximum Gasteiger partial charge on any atom is 0.303 e. The van der Waals surface area contributed by atoms with Crippen LogP contribution in [0.4, 0.5) is 4.39 Å². The van der Waals surface area contributed by atoms with Gasteiger partial charge in [-0.2, -0.15) is 0 Å². The summed E-state index contributed by atoms with van der Waals surface area (Å²) in [4.78, 5) is 22.4. The predicted octanol–water partition coefficient (Wildman–Crippen LogP) is 2.29. The van der Waals surface area contributed by atoms with Crippen molar-refractivity contribution in [2.24, 2.45) is 0 Å². The Morgan fingerprint density at radius 1 is 1.09 bits per heavy atom. The molecule has 0 radical (unpaired) electrons. The molecular formula is C15H27FO6Si. The molecule has 0 bridgehead atoms. The molecule has 0 spiro atoms. The van der Waals surface area contributed by atoms with E-state index in [1.165, 1.54) is 13.8 Å². The Morgan fingerprint density at radius 2 is 1.61 bits per heavy atom. The molecule has 1 saturated heterocycles. The normalized spacial score (nSPS) is 31.5. The van der Waals surface area contributed by atoms with E-state index in [0.717, 1.165) is 6.04 Å². The van der Waals surface area contributed by atoms with Crippen LogP contribution in [0, 0.1) is 0 Å². The minimum absolute atomic E-state index is 0.374. The molecule has 5 atom stereocenters. The third kappa shape index (κ3) is 6.56. The van der Waals surface area contributed by atoms with E-state index in [9.17, 15) is 14.0 Å². The number of halogens is 1. The summed E-state index contributed by atoms with van der Waals surface area (Å²) < 4.78 is 35.7. The van der Waals surface area contributed by atoms with Crippen LogP contribution in [0.1, 0.15) is 20.8 Å². The zero-order valence-electron chi connectivity index (χ0n) is 14.6. The lowest BCUT2D eigenvalue weighted by Gasteiger charge is -2.41. The van der Waals surface area contributed by atoms with Gasteiger partial charge in [0, 0.05) is 28.5 Å². The number of ether oxygens (including phenoxy) is 4. The van der Waals surface area contributed by atoms with Crippen LogP contribution in [0.15, 0.2) is 0 Å². The van der Waals surface area contributed by atoms with Gasteiger partial charge in [0.05, 0.1) is 6.10 Å². The largest absolute Gasteiger partial charge is 0.456 e. The lowest BCUT2D eigenvalue weighted by molar-refractivity contribution is -0.282.